The minimum atomic E-state index is -0.443. The van der Waals surface area contributed by atoms with Crippen molar-refractivity contribution in [1.82, 2.24) is 4.98 Å². The molecule has 6 heteroatoms. The molecule has 6 rings (SSSR count). The number of nitrogens with zero attached hydrogens (tertiary/aromatic N) is 1. The first kappa shape index (κ1) is 40.2. The van der Waals surface area contributed by atoms with E-state index in [4.69, 9.17) is 4.98 Å². The predicted molar refractivity (Wildman–Crippen MR) is 213 cm³/mol. The molecule has 0 saturated carbocycles. The normalized spacial score (nSPS) is 12.1. The molecule has 0 saturated heterocycles. The second-order valence-corrected chi connectivity index (χ2v) is 18.2. The Morgan fingerprint density at radius 3 is 2.20 bits per heavy atom. The summed E-state index contributed by atoms with van der Waals surface area (Å²) in [7, 11) is 0. The molecule has 6 aromatic rings. The van der Waals surface area contributed by atoms with Crippen LogP contribution in [0.3, 0.4) is 0 Å². The summed E-state index contributed by atoms with van der Waals surface area (Å²) in [6.45, 7) is 17.2. The van der Waals surface area contributed by atoms with Crippen molar-refractivity contribution in [3.8, 4) is 21.7 Å². The SMILES string of the molecule is CCC(CC)C(=O)/C=C(\O)C(CC)CC.Cc1c(-c2ccc(CC(C)(C)C)cc2)sc2c(-c3[c-]ccc4c3[te]c3ccccc34)nccc12.[Ir]. The van der Waals surface area contributed by atoms with E-state index in [1.54, 1.807) is 0 Å². The number of carbonyl (C=O) groups is 1. The molecule has 50 heavy (non-hydrogen) atoms. The van der Waals surface area contributed by atoms with E-state index in [-0.39, 0.29) is 43.5 Å². The summed E-state index contributed by atoms with van der Waals surface area (Å²) in [6.07, 6.45) is 7.97. The zero-order chi connectivity index (χ0) is 35.3. The predicted octanol–water partition coefficient (Wildman–Crippen LogP) is 12.6. The summed E-state index contributed by atoms with van der Waals surface area (Å²) in [5.74, 6) is 0.547. The number of pyridine rings is 1. The van der Waals surface area contributed by atoms with Crippen LogP contribution in [-0.2, 0) is 31.3 Å². The largest absolute Gasteiger partial charge is 0 e. The van der Waals surface area contributed by atoms with E-state index in [1.807, 2.05) is 45.2 Å². The van der Waals surface area contributed by atoms with Crippen molar-refractivity contribution in [2.24, 2.45) is 17.3 Å². The number of aliphatic hydroxyl groups excluding tert-OH is 1. The second-order valence-electron chi connectivity index (χ2n) is 14.2. The van der Waals surface area contributed by atoms with E-state index < -0.39 is 20.4 Å². The van der Waals surface area contributed by atoms with Crippen LogP contribution in [0.1, 0.15) is 85.3 Å². The van der Waals surface area contributed by atoms with Gasteiger partial charge in [-0.1, -0.05) is 48.5 Å². The van der Waals surface area contributed by atoms with Gasteiger partial charge in [0.15, 0.2) is 5.78 Å². The summed E-state index contributed by atoms with van der Waals surface area (Å²) in [5.41, 5.74) is 6.64. The maximum atomic E-state index is 11.7. The summed E-state index contributed by atoms with van der Waals surface area (Å²) < 4.78 is 4.28. The Balaban J connectivity index is 0.000000301. The van der Waals surface area contributed by atoms with E-state index in [0.717, 1.165) is 37.8 Å². The molecule has 1 radical (unpaired) electrons. The third-order valence-electron chi connectivity index (χ3n) is 9.46. The number of ketones is 1. The zero-order valence-corrected chi connectivity index (χ0v) is 36.2. The van der Waals surface area contributed by atoms with E-state index in [0.29, 0.717) is 5.41 Å². The Bertz CT molecular complexity index is 2080. The van der Waals surface area contributed by atoms with Gasteiger partial charge in [0.05, 0.1) is 5.76 Å². The van der Waals surface area contributed by atoms with Gasteiger partial charge in [-0.3, -0.25) is 4.79 Å². The fraction of sp³-hybridized carbons (Fsp3) is 0.364. The Labute approximate surface area is 326 Å². The number of aryl methyl sites for hydroxylation is 1. The molecule has 0 fully saturated rings. The topological polar surface area (TPSA) is 50.2 Å². The first-order chi connectivity index (χ1) is 23.5. The summed E-state index contributed by atoms with van der Waals surface area (Å²) in [5, 5.41) is 13.9. The van der Waals surface area contributed by atoms with Gasteiger partial charge in [0, 0.05) is 38.0 Å². The monoisotopic (exact) mass is 979 g/mol. The van der Waals surface area contributed by atoms with Crippen molar-refractivity contribution >= 4 is 65.2 Å². The molecule has 3 aromatic carbocycles. The molecule has 265 valence electrons. The van der Waals surface area contributed by atoms with Gasteiger partial charge in [0.2, 0.25) is 0 Å². The van der Waals surface area contributed by atoms with Crippen LogP contribution in [0.2, 0.25) is 0 Å². The molecule has 3 nitrogen and oxygen atoms in total. The van der Waals surface area contributed by atoms with Gasteiger partial charge in [-0.25, -0.2) is 0 Å². The van der Waals surface area contributed by atoms with Gasteiger partial charge in [-0.15, -0.1) is 0 Å². The summed E-state index contributed by atoms with van der Waals surface area (Å²) in [6, 6.07) is 28.1. The zero-order valence-electron chi connectivity index (χ0n) is 30.6. The quantitative estimate of drug-likeness (QED) is 0.0644. The maximum absolute atomic E-state index is 11.7. The average Bonchev–Trinajstić information content (AvgIpc) is 3.63. The first-order valence-electron chi connectivity index (χ1n) is 17.7. The number of fused-ring (bicyclic) bond motifs is 4. The third kappa shape index (κ3) is 9.07. The van der Waals surface area contributed by atoms with Crippen molar-refractivity contribution in [2.45, 2.75) is 87.5 Å². The van der Waals surface area contributed by atoms with Gasteiger partial charge in [-0.2, -0.15) is 0 Å². The van der Waals surface area contributed by atoms with Gasteiger partial charge in [0.1, 0.15) is 0 Å². The van der Waals surface area contributed by atoms with Crippen LogP contribution in [0.15, 0.2) is 84.8 Å². The Hall–Kier alpha value is -2.58. The molecule has 3 aromatic heterocycles. The summed E-state index contributed by atoms with van der Waals surface area (Å²) >= 11 is 1.44. The number of hydrogen-bond donors (Lipinski definition) is 1. The number of aromatic nitrogens is 1. The smallest absolute Gasteiger partial charge is 0 e. The number of benzene rings is 3. The van der Waals surface area contributed by atoms with Gasteiger partial charge < -0.3 is 5.11 Å². The summed E-state index contributed by atoms with van der Waals surface area (Å²) in [4.78, 5) is 18.0. The number of thiophene rings is 1. The molecule has 0 atom stereocenters. The molecule has 0 aliphatic heterocycles. The van der Waals surface area contributed by atoms with E-state index in [9.17, 15) is 9.90 Å². The molecule has 0 aliphatic carbocycles. The molecule has 3 heterocycles. The molecule has 1 N–H and O–H groups in total. The van der Waals surface area contributed by atoms with E-state index in [2.05, 4.69) is 100 Å². The van der Waals surface area contributed by atoms with Crippen molar-refractivity contribution in [3.05, 3.63) is 102 Å². The van der Waals surface area contributed by atoms with Crippen molar-refractivity contribution < 1.29 is 30.0 Å². The molecular formula is C44H50IrNO2STe-. The fourth-order valence-corrected chi connectivity index (χ4v) is 11.4. The van der Waals surface area contributed by atoms with E-state index in [1.165, 1.54) is 60.9 Å². The van der Waals surface area contributed by atoms with Crippen LogP contribution in [-0.4, -0.2) is 36.3 Å². The van der Waals surface area contributed by atoms with E-state index >= 15 is 0 Å². The number of rotatable bonds is 10. The third-order valence-corrected chi connectivity index (χ3v) is 14.3. The molecule has 0 bridgehead atoms. The first-order valence-corrected chi connectivity index (χ1v) is 20.9. The van der Waals surface area contributed by atoms with Crippen LogP contribution in [0, 0.1) is 30.2 Å². The van der Waals surface area contributed by atoms with Crippen LogP contribution in [0.25, 0.3) is 49.4 Å². The van der Waals surface area contributed by atoms with Gasteiger partial charge in [-0.05, 0) is 25.7 Å². The number of hydrogen-bond acceptors (Lipinski definition) is 4. The van der Waals surface area contributed by atoms with Crippen LogP contribution < -0.4 is 0 Å². The fourth-order valence-electron chi connectivity index (χ4n) is 6.63. The minimum Gasteiger partial charge on any atom is 0 e. The minimum absolute atomic E-state index is 0. The van der Waals surface area contributed by atoms with Gasteiger partial charge >= 0.3 is 195 Å². The van der Waals surface area contributed by atoms with Crippen LogP contribution >= 0.6 is 11.3 Å². The van der Waals surface area contributed by atoms with Crippen molar-refractivity contribution in [1.29, 1.82) is 0 Å². The van der Waals surface area contributed by atoms with Crippen LogP contribution in [0.5, 0.6) is 0 Å². The van der Waals surface area contributed by atoms with Crippen molar-refractivity contribution in [3.63, 3.8) is 0 Å². The number of aliphatic hydroxyl groups is 1. The Morgan fingerprint density at radius 1 is 0.900 bits per heavy atom. The molecule has 0 aliphatic rings. The average molecular weight is 977 g/mol. The maximum Gasteiger partial charge on any atom is 0 e. The van der Waals surface area contributed by atoms with Crippen molar-refractivity contribution in [2.75, 3.05) is 0 Å². The van der Waals surface area contributed by atoms with Crippen LogP contribution in [0.4, 0.5) is 0 Å². The molecule has 0 unspecified atom stereocenters. The Morgan fingerprint density at radius 2 is 1.56 bits per heavy atom. The number of allylic oxidation sites excluding steroid dienone is 2. The van der Waals surface area contributed by atoms with Gasteiger partial charge in [0.25, 0.3) is 0 Å². The standard InChI is InChI=1S/C31H26NSTe.C13H24O2.Ir/c1-19-22-16-17-32-27(25-10-7-9-24-23-8-5-6-11-26(23)34-30(24)25)29(22)33-28(19)21-14-12-20(13-15-21)18-31(2,3)4;1-5-10(6-2)12(14)9-13(15)11(7-3)8-4;/h5-9,11-17H,18H2,1-4H3;9-11,14H,5-8H2,1-4H3;/q-1;;/b;12-9-;. The Kier molecular flexibility index (Phi) is 14.3. The molecule has 0 spiro atoms. The molecule has 0 amide bonds. The number of carbonyl (C=O) groups excluding carboxylic acids is 1. The molecular weight excluding hydrogens is 926 g/mol. The second kappa shape index (κ2) is 17.8.